The second kappa shape index (κ2) is 3.89. The summed E-state index contributed by atoms with van der Waals surface area (Å²) in [5.74, 6) is -1.09. The van der Waals surface area contributed by atoms with Crippen LogP contribution in [0.15, 0.2) is 0 Å². The van der Waals surface area contributed by atoms with Crippen molar-refractivity contribution in [2.45, 2.75) is 40.2 Å². The van der Waals surface area contributed by atoms with Gasteiger partial charge in [-0.25, -0.2) is 0 Å². The number of rotatable bonds is 4. The maximum absolute atomic E-state index is 11.0. The number of hydrogen-bond acceptors (Lipinski definition) is 2. The molecular formula is C11H23NO2. The van der Waals surface area contributed by atoms with Gasteiger partial charge in [-0.1, -0.05) is 20.8 Å². The molecule has 0 radical (unpaired) electrons. The van der Waals surface area contributed by atoms with Crippen molar-refractivity contribution in [2.24, 2.45) is 11.3 Å². The summed E-state index contributed by atoms with van der Waals surface area (Å²) in [6.45, 7) is 9.93. The molecule has 0 aromatic rings. The Kier molecular flexibility index (Phi) is 3.73. The lowest BCUT2D eigenvalue weighted by Gasteiger charge is -2.48. The third-order valence-corrected chi connectivity index (χ3v) is 4.15. The minimum absolute atomic E-state index is 0.148. The molecule has 0 amide bonds. The summed E-state index contributed by atoms with van der Waals surface area (Å²) in [5.41, 5.74) is -0.423. The van der Waals surface area contributed by atoms with Crippen molar-refractivity contribution in [3.05, 3.63) is 0 Å². The molecule has 0 bridgehead atoms. The summed E-state index contributed by atoms with van der Waals surface area (Å²) in [5, 5.41) is 9.04. The molecule has 0 aromatic carbocycles. The molecule has 0 aromatic heterocycles. The van der Waals surface area contributed by atoms with Crippen LogP contribution in [0.3, 0.4) is 0 Å². The molecular weight excluding hydrogens is 178 g/mol. The minimum atomic E-state index is -0.732. The van der Waals surface area contributed by atoms with E-state index >= 15 is 0 Å². The van der Waals surface area contributed by atoms with E-state index in [1.54, 1.807) is 6.92 Å². The lowest BCUT2D eigenvalue weighted by Crippen LogP contribution is -2.54. The SMILES string of the molecule is CC(C(=O)O)C(C)(C)C(C)(C)N(C)C. The van der Waals surface area contributed by atoms with Crippen molar-refractivity contribution in [3.8, 4) is 0 Å². The van der Waals surface area contributed by atoms with E-state index < -0.39 is 5.97 Å². The van der Waals surface area contributed by atoms with Crippen LogP contribution in [-0.4, -0.2) is 35.6 Å². The molecule has 0 aliphatic heterocycles. The molecule has 0 saturated carbocycles. The average molecular weight is 201 g/mol. The quantitative estimate of drug-likeness (QED) is 0.757. The highest BCUT2D eigenvalue weighted by Gasteiger charge is 2.45. The molecule has 0 aliphatic carbocycles. The van der Waals surface area contributed by atoms with Gasteiger partial charge in [0, 0.05) is 5.54 Å². The van der Waals surface area contributed by atoms with E-state index in [-0.39, 0.29) is 16.9 Å². The fourth-order valence-electron chi connectivity index (χ4n) is 1.41. The number of hydrogen-bond donors (Lipinski definition) is 1. The standard InChI is InChI=1S/C11H23NO2/c1-8(9(13)14)10(2,3)11(4,5)12(6)7/h8H,1-7H3,(H,13,14). The van der Waals surface area contributed by atoms with Crippen molar-refractivity contribution in [1.82, 2.24) is 4.90 Å². The highest BCUT2D eigenvalue weighted by atomic mass is 16.4. The number of carbonyl (C=O) groups is 1. The van der Waals surface area contributed by atoms with Crippen LogP contribution in [0.1, 0.15) is 34.6 Å². The highest BCUT2D eigenvalue weighted by molar-refractivity contribution is 5.70. The summed E-state index contributed by atoms with van der Waals surface area (Å²) in [6, 6.07) is 0. The molecule has 0 rings (SSSR count). The Morgan fingerprint density at radius 3 is 1.79 bits per heavy atom. The molecule has 1 N–H and O–H groups in total. The lowest BCUT2D eigenvalue weighted by molar-refractivity contribution is -0.149. The molecule has 0 heterocycles. The Morgan fingerprint density at radius 1 is 1.21 bits per heavy atom. The third kappa shape index (κ3) is 2.08. The van der Waals surface area contributed by atoms with Crippen molar-refractivity contribution in [1.29, 1.82) is 0 Å². The Hall–Kier alpha value is -0.570. The van der Waals surface area contributed by atoms with Crippen LogP contribution in [0, 0.1) is 11.3 Å². The molecule has 84 valence electrons. The zero-order valence-corrected chi connectivity index (χ0v) is 10.4. The highest BCUT2D eigenvalue weighted by Crippen LogP contribution is 2.40. The van der Waals surface area contributed by atoms with E-state index in [4.69, 9.17) is 5.11 Å². The second-order valence-corrected chi connectivity index (χ2v) is 5.24. The van der Waals surface area contributed by atoms with Gasteiger partial charge in [0.2, 0.25) is 0 Å². The third-order valence-electron chi connectivity index (χ3n) is 4.15. The molecule has 0 saturated heterocycles. The van der Waals surface area contributed by atoms with Gasteiger partial charge in [0.25, 0.3) is 0 Å². The van der Waals surface area contributed by atoms with Gasteiger partial charge >= 0.3 is 5.97 Å². The van der Waals surface area contributed by atoms with Crippen LogP contribution in [0.2, 0.25) is 0 Å². The molecule has 3 nitrogen and oxygen atoms in total. The van der Waals surface area contributed by atoms with Gasteiger partial charge in [0.05, 0.1) is 5.92 Å². The monoisotopic (exact) mass is 201 g/mol. The molecule has 0 fully saturated rings. The Bertz CT molecular complexity index is 219. The topological polar surface area (TPSA) is 40.5 Å². The second-order valence-electron chi connectivity index (χ2n) is 5.24. The Labute approximate surface area is 87.1 Å². The first kappa shape index (κ1) is 13.4. The zero-order chi connectivity index (χ0) is 11.7. The fourth-order valence-corrected chi connectivity index (χ4v) is 1.41. The first-order chi connectivity index (χ1) is 6.05. The van der Waals surface area contributed by atoms with Crippen molar-refractivity contribution < 1.29 is 9.90 Å². The number of aliphatic carboxylic acids is 1. The summed E-state index contributed by atoms with van der Waals surface area (Å²) in [6.07, 6.45) is 0. The summed E-state index contributed by atoms with van der Waals surface area (Å²) >= 11 is 0. The average Bonchev–Trinajstić information content (AvgIpc) is 2.01. The Morgan fingerprint density at radius 2 is 1.57 bits per heavy atom. The maximum Gasteiger partial charge on any atom is 0.306 e. The fraction of sp³-hybridized carbons (Fsp3) is 0.909. The molecule has 0 aliphatic rings. The van der Waals surface area contributed by atoms with Crippen molar-refractivity contribution in [3.63, 3.8) is 0 Å². The summed E-state index contributed by atoms with van der Waals surface area (Å²) < 4.78 is 0. The summed E-state index contributed by atoms with van der Waals surface area (Å²) in [4.78, 5) is 13.1. The normalized spacial score (nSPS) is 15.7. The van der Waals surface area contributed by atoms with E-state index in [1.807, 2.05) is 27.9 Å². The van der Waals surface area contributed by atoms with E-state index in [9.17, 15) is 4.79 Å². The van der Waals surface area contributed by atoms with Crippen LogP contribution < -0.4 is 0 Å². The van der Waals surface area contributed by atoms with Crippen LogP contribution in [0.5, 0.6) is 0 Å². The first-order valence-electron chi connectivity index (χ1n) is 4.95. The van der Waals surface area contributed by atoms with E-state index in [1.165, 1.54) is 0 Å². The predicted octanol–water partition coefficient (Wildman–Crippen LogP) is 2.07. The molecule has 3 heteroatoms. The number of carboxylic acids is 1. The zero-order valence-electron chi connectivity index (χ0n) is 10.4. The molecule has 0 spiro atoms. The van der Waals surface area contributed by atoms with Gasteiger partial charge in [-0.2, -0.15) is 0 Å². The van der Waals surface area contributed by atoms with Crippen LogP contribution >= 0.6 is 0 Å². The van der Waals surface area contributed by atoms with Crippen LogP contribution in [0.25, 0.3) is 0 Å². The molecule has 1 atom stereocenters. The minimum Gasteiger partial charge on any atom is -0.481 e. The van der Waals surface area contributed by atoms with Crippen LogP contribution in [0.4, 0.5) is 0 Å². The largest absolute Gasteiger partial charge is 0.481 e. The van der Waals surface area contributed by atoms with Gasteiger partial charge in [-0.15, -0.1) is 0 Å². The molecule has 1 unspecified atom stereocenters. The summed E-state index contributed by atoms with van der Waals surface area (Å²) in [7, 11) is 3.96. The van der Waals surface area contributed by atoms with Gasteiger partial charge in [0.1, 0.15) is 0 Å². The van der Waals surface area contributed by atoms with Gasteiger partial charge < -0.3 is 10.0 Å². The van der Waals surface area contributed by atoms with Crippen LogP contribution in [-0.2, 0) is 4.79 Å². The van der Waals surface area contributed by atoms with Gasteiger partial charge in [-0.05, 0) is 33.4 Å². The molecule has 14 heavy (non-hydrogen) atoms. The smallest absolute Gasteiger partial charge is 0.306 e. The van der Waals surface area contributed by atoms with Crippen molar-refractivity contribution in [2.75, 3.05) is 14.1 Å². The number of nitrogens with zero attached hydrogens (tertiary/aromatic N) is 1. The maximum atomic E-state index is 11.0. The van der Waals surface area contributed by atoms with Crippen molar-refractivity contribution >= 4 is 5.97 Å². The van der Waals surface area contributed by atoms with Gasteiger partial charge in [-0.3, -0.25) is 4.79 Å². The Balaban J connectivity index is 5.03. The van der Waals surface area contributed by atoms with E-state index in [0.29, 0.717) is 0 Å². The first-order valence-corrected chi connectivity index (χ1v) is 4.95. The predicted molar refractivity (Wildman–Crippen MR) is 58.3 cm³/mol. The van der Waals surface area contributed by atoms with E-state index in [2.05, 4.69) is 18.7 Å². The van der Waals surface area contributed by atoms with E-state index in [0.717, 1.165) is 0 Å². The lowest BCUT2D eigenvalue weighted by atomic mass is 9.66. The van der Waals surface area contributed by atoms with Gasteiger partial charge in [0.15, 0.2) is 0 Å². The number of carboxylic acid groups (broad SMARTS) is 1.